The van der Waals surface area contributed by atoms with Crippen LogP contribution in [0.2, 0.25) is 0 Å². The Morgan fingerprint density at radius 3 is 2.07 bits per heavy atom. The molecule has 0 N–H and O–H groups in total. The number of aromatic nitrogens is 3. The summed E-state index contributed by atoms with van der Waals surface area (Å²) in [7, 11) is 0. The number of hydrogen-bond donors (Lipinski definition) is 0. The monoisotopic (exact) mass is 920 g/mol. The van der Waals surface area contributed by atoms with Gasteiger partial charge in [0.2, 0.25) is 0 Å². The van der Waals surface area contributed by atoms with Gasteiger partial charge in [0.1, 0.15) is 11.2 Å². The van der Waals surface area contributed by atoms with Crippen molar-refractivity contribution in [3.63, 3.8) is 0 Å². The van der Waals surface area contributed by atoms with Crippen LogP contribution in [0, 0.1) is 19.3 Å². The molecule has 4 aromatic heterocycles. The van der Waals surface area contributed by atoms with E-state index in [1.807, 2.05) is 54.6 Å². The van der Waals surface area contributed by atoms with Gasteiger partial charge in [-0.05, 0) is 88.7 Å². The SMILES string of the molecule is Cc1ccc2c(c1)oc1ccc(-c3ccc4o[c-]c(-c5nc6ccccc6n5-c5c(C(C)C)cccc5C(C)C)c4c3)cc12.[Ir].[c-]1ccccc1-c1ccccn1. The fourth-order valence-corrected chi connectivity index (χ4v) is 7.65. The van der Waals surface area contributed by atoms with E-state index in [0.717, 1.165) is 77.7 Å². The Kier molecular flexibility index (Phi) is 10.5. The number of benzene rings is 6. The summed E-state index contributed by atoms with van der Waals surface area (Å²) in [5, 5.41) is 3.23. The van der Waals surface area contributed by atoms with E-state index in [1.54, 1.807) is 6.20 Å². The molecule has 10 rings (SSSR count). The Bertz CT molecular complexity index is 2930. The molecule has 57 heavy (non-hydrogen) atoms. The number of hydrogen-bond acceptors (Lipinski definition) is 4. The van der Waals surface area contributed by atoms with Crippen LogP contribution in [0.25, 0.3) is 83.4 Å². The van der Waals surface area contributed by atoms with E-state index >= 15 is 0 Å². The van der Waals surface area contributed by atoms with E-state index in [2.05, 4.69) is 141 Å². The van der Waals surface area contributed by atoms with Crippen molar-refractivity contribution in [1.82, 2.24) is 14.5 Å². The van der Waals surface area contributed by atoms with Crippen LogP contribution in [0.5, 0.6) is 0 Å². The van der Waals surface area contributed by atoms with E-state index in [0.29, 0.717) is 11.8 Å². The van der Waals surface area contributed by atoms with E-state index in [-0.39, 0.29) is 20.1 Å². The average Bonchev–Trinajstić information content (AvgIpc) is 3.93. The molecule has 0 unspecified atom stereocenters. The molecule has 283 valence electrons. The van der Waals surface area contributed by atoms with Gasteiger partial charge in [0.05, 0.1) is 16.9 Å². The first-order valence-electron chi connectivity index (χ1n) is 19.2. The minimum Gasteiger partial charge on any atom is -0.557 e. The fraction of sp³-hybridized carbons (Fsp3) is 0.137. The Morgan fingerprint density at radius 1 is 0.632 bits per heavy atom. The molecule has 1 radical (unpaired) electrons. The van der Waals surface area contributed by atoms with Crippen LogP contribution in [0.15, 0.2) is 155 Å². The zero-order valence-electron chi connectivity index (χ0n) is 32.5. The van der Waals surface area contributed by atoms with Gasteiger partial charge >= 0.3 is 0 Å². The predicted octanol–water partition coefficient (Wildman–Crippen LogP) is 13.9. The molecule has 4 heterocycles. The molecule has 5 nitrogen and oxygen atoms in total. The smallest absolute Gasteiger partial charge is 0.135 e. The first kappa shape index (κ1) is 37.8. The Hall–Kier alpha value is -6.07. The van der Waals surface area contributed by atoms with Crippen LogP contribution in [-0.2, 0) is 20.1 Å². The van der Waals surface area contributed by atoms with Gasteiger partial charge in [0.15, 0.2) is 0 Å². The summed E-state index contributed by atoms with van der Waals surface area (Å²) in [6.45, 7) is 11.1. The van der Waals surface area contributed by atoms with Gasteiger partial charge in [-0.3, -0.25) is 4.98 Å². The van der Waals surface area contributed by atoms with E-state index in [1.165, 1.54) is 22.4 Å². The molecule has 0 aliphatic heterocycles. The van der Waals surface area contributed by atoms with Crippen molar-refractivity contribution in [2.24, 2.45) is 0 Å². The van der Waals surface area contributed by atoms with E-state index < -0.39 is 0 Å². The molecular formula is C51H41IrN3O2-2. The number of para-hydroxylation sites is 3. The minimum absolute atomic E-state index is 0. The zero-order chi connectivity index (χ0) is 38.3. The second-order valence-electron chi connectivity index (χ2n) is 14.9. The average molecular weight is 920 g/mol. The van der Waals surface area contributed by atoms with Gasteiger partial charge in [0, 0.05) is 54.6 Å². The Balaban J connectivity index is 0.000000300. The van der Waals surface area contributed by atoms with E-state index in [9.17, 15) is 0 Å². The van der Waals surface area contributed by atoms with Gasteiger partial charge in [-0.1, -0.05) is 118 Å². The molecule has 6 heteroatoms. The largest absolute Gasteiger partial charge is 0.557 e. The number of rotatable bonds is 6. The van der Waals surface area contributed by atoms with Crippen molar-refractivity contribution in [2.75, 3.05) is 0 Å². The van der Waals surface area contributed by atoms with Gasteiger partial charge in [0.25, 0.3) is 0 Å². The maximum atomic E-state index is 6.16. The normalized spacial score (nSPS) is 11.4. The third-order valence-corrected chi connectivity index (χ3v) is 10.5. The van der Waals surface area contributed by atoms with Crippen LogP contribution in [0.1, 0.15) is 56.2 Å². The predicted molar refractivity (Wildman–Crippen MR) is 229 cm³/mol. The molecule has 0 fully saturated rings. The molecule has 10 aromatic rings. The third-order valence-electron chi connectivity index (χ3n) is 10.5. The summed E-state index contributed by atoms with van der Waals surface area (Å²) in [5.74, 6) is 1.52. The van der Waals surface area contributed by atoms with Gasteiger partial charge in [-0.25, -0.2) is 0 Å². The number of aryl methyl sites for hydroxylation is 1. The molecule has 0 aliphatic rings. The summed E-state index contributed by atoms with van der Waals surface area (Å²) in [5.41, 5.74) is 14.7. The minimum atomic E-state index is 0. The second-order valence-corrected chi connectivity index (χ2v) is 14.9. The van der Waals surface area contributed by atoms with Gasteiger partial charge < -0.3 is 18.4 Å². The van der Waals surface area contributed by atoms with Crippen LogP contribution in [-0.4, -0.2) is 14.5 Å². The first-order valence-corrected chi connectivity index (χ1v) is 19.2. The van der Waals surface area contributed by atoms with Crippen molar-refractivity contribution in [2.45, 2.75) is 46.5 Å². The summed E-state index contributed by atoms with van der Waals surface area (Å²) in [4.78, 5) is 9.44. The van der Waals surface area contributed by atoms with Gasteiger partial charge in [-0.2, -0.15) is 0 Å². The molecule has 6 aromatic carbocycles. The maximum absolute atomic E-state index is 6.16. The summed E-state index contributed by atoms with van der Waals surface area (Å²) in [6, 6.07) is 51.1. The molecule has 0 saturated carbocycles. The van der Waals surface area contributed by atoms with Crippen LogP contribution < -0.4 is 0 Å². The summed E-state index contributed by atoms with van der Waals surface area (Å²) < 4.78 is 14.6. The third kappa shape index (κ3) is 7.12. The first-order chi connectivity index (χ1) is 27.3. The summed E-state index contributed by atoms with van der Waals surface area (Å²) >= 11 is 0. The Labute approximate surface area is 346 Å². The van der Waals surface area contributed by atoms with Crippen molar-refractivity contribution >= 4 is 43.9 Å². The van der Waals surface area contributed by atoms with Crippen LogP contribution >= 0.6 is 0 Å². The van der Waals surface area contributed by atoms with Crippen LogP contribution in [0.3, 0.4) is 0 Å². The Morgan fingerprint density at radius 2 is 1.35 bits per heavy atom. The second kappa shape index (κ2) is 15.8. The quantitative estimate of drug-likeness (QED) is 0.156. The number of fused-ring (bicyclic) bond motifs is 5. The summed E-state index contributed by atoms with van der Waals surface area (Å²) in [6.07, 6.45) is 5.05. The number of pyridine rings is 1. The molecule has 0 amide bonds. The van der Waals surface area contributed by atoms with Crippen molar-refractivity contribution in [3.8, 4) is 39.5 Å². The van der Waals surface area contributed by atoms with Crippen molar-refractivity contribution in [3.05, 3.63) is 175 Å². The molecule has 0 aliphatic carbocycles. The topological polar surface area (TPSA) is 57.0 Å². The molecular weight excluding hydrogens is 879 g/mol. The van der Waals surface area contributed by atoms with Crippen molar-refractivity contribution in [1.29, 1.82) is 0 Å². The number of furan rings is 2. The van der Waals surface area contributed by atoms with Crippen molar-refractivity contribution < 1.29 is 28.9 Å². The molecule has 0 spiro atoms. The number of nitrogens with zero attached hydrogens (tertiary/aromatic N) is 3. The van der Waals surface area contributed by atoms with E-state index in [4.69, 9.17) is 13.8 Å². The fourth-order valence-electron chi connectivity index (χ4n) is 7.65. The molecule has 0 saturated heterocycles. The standard InChI is InChI=1S/C40H33N2O2.C11H8N.Ir/c1-23(2)28-9-8-10-29(24(3)4)39(28)42-35-12-7-6-11-34(35)41-40(42)33-22-43-36-17-14-26(21-32(33)36)27-15-18-37-31(20-27)30-16-13-25(5)19-38(30)44-37;1-2-6-10(7-3-1)11-8-4-5-9-12-11;/h6-21,23-24H,1-5H3;1-6,8-9H;/q2*-1;. The molecule has 0 bridgehead atoms. The van der Waals surface area contributed by atoms with Gasteiger partial charge in [-0.15, -0.1) is 35.9 Å². The molecule has 0 atom stereocenters. The van der Waals surface area contributed by atoms with Crippen LogP contribution in [0.4, 0.5) is 0 Å². The maximum Gasteiger partial charge on any atom is 0.135 e. The zero-order valence-corrected chi connectivity index (χ0v) is 34.9. The number of imidazole rings is 1.